The molecule has 1 unspecified atom stereocenters. The van der Waals surface area contributed by atoms with Gasteiger partial charge in [-0.2, -0.15) is 0 Å². The molecule has 0 radical (unpaired) electrons. The number of halogens is 2. The number of phenols is 1. The lowest BCUT2D eigenvalue weighted by Crippen LogP contribution is -2.42. The van der Waals surface area contributed by atoms with Crippen LogP contribution in [0.15, 0.2) is 60.7 Å². The van der Waals surface area contributed by atoms with Crippen LogP contribution in [-0.2, 0) is 19.7 Å². The van der Waals surface area contributed by atoms with E-state index in [1.54, 1.807) is 19.2 Å². The molecule has 0 spiro atoms. The molecule has 1 aliphatic heterocycles. The Morgan fingerprint density at radius 2 is 1.49 bits per heavy atom. The zero-order chi connectivity index (χ0) is 30.1. The number of hydrogen-bond donors (Lipinski definition) is 3. The molecule has 2 amide bonds. The number of piperidine rings is 1. The van der Waals surface area contributed by atoms with Crippen molar-refractivity contribution in [3.63, 3.8) is 0 Å². The van der Waals surface area contributed by atoms with E-state index in [0.717, 1.165) is 31.4 Å². The lowest BCUT2D eigenvalue weighted by atomic mass is 9.64. The molecule has 3 N–H and O–H groups in total. The molecule has 7 nitrogen and oxygen atoms in total. The van der Waals surface area contributed by atoms with Gasteiger partial charge in [0.25, 0.3) is 0 Å². The first-order chi connectivity index (χ1) is 20.7. The van der Waals surface area contributed by atoms with Gasteiger partial charge in [0.15, 0.2) is 0 Å². The Balaban J connectivity index is 1.07. The summed E-state index contributed by atoms with van der Waals surface area (Å²) in [6, 6.07) is 18.2. The van der Waals surface area contributed by atoms with Crippen LogP contribution < -0.4 is 15.4 Å². The Hall–Kier alpha value is -3.98. The molecule has 9 heteroatoms. The number of amides is 2. The van der Waals surface area contributed by atoms with Crippen LogP contribution in [0.1, 0.15) is 74.0 Å². The second-order valence-corrected chi connectivity index (χ2v) is 12.0. The average Bonchev–Trinajstić information content (AvgIpc) is 2.97. The number of rotatable bonds is 8. The monoisotopic (exact) mass is 590 g/mol. The number of carbonyl (C=O) groups is 2. The third kappa shape index (κ3) is 5.95. The van der Waals surface area contributed by atoms with Crippen LogP contribution in [0.5, 0.6) is 11.5 Å². The molecule has 3 fully saturated rings. The topological polar surface area (TPSA) is 96.9 Å². The maximum absolute atomic E-state index is 14.9. The molecular weight excluding hydrogens is 554 g/mol. The van der Waals surface area contributed by atoms with Crippen molar-refractivity contribution in [3.8, 4) is 11.5 Å². The van der Waals surface area contributed by atoms with Crippen LogP contribution in [0.2, 0.25) is 0 Å². The minimum atomic E-state index is -1.02. The lowest BCUT2D eigenvalue weighted by molar-refractivity contribution is -0.134. The zero-order valence-corrected chi connectivity index (χ0v) is 24.1. The van der Waals surface area contributed by atoms with E-state index in [9.17, 15) is 23.5 Å². The quantitative estimate of drug-likeness (QED) is 0.275. The Kier molecular flexibility index (Phi) is 8.09. The van der Waals surface area contributed by atoms with Gasteiger partial charge >= 0.3 is 0 Å². The van der Waals surface area contributed by atoms with Crippen LogP contribution in [0.25, 0.3) is 0 Å². The number of aromatic hydroxyl groups is 1. The van der Waals surface area contributed by atoms with Gasteiger partial charge in [-0.05, 0) is 79.6 Å². The smallest absolute Gasteiger partial charge is 0.234 e. The predicted octanol–water partition coefficient (Wildman–Crippen LogP) is 6.09. The first-order valence-corrected chi connectivity index (χ1v) is 14.9. The van der Waals surface area contributed by atoms with E-state index in [0.29, 0.717) is 18.5 Å². The summed E-state index contributed by atoms with van der Waals surface area (Å²) in [6.07, 6.45) is 5.53. The van der Waals surface area contributed by atoms with Crippen LogP contribution >= 0.6 is 0 Å². The van der Waals surface area contributed by atoms with Gasteiger partial charge in [-0.3, -0.25) is 14.9 Å². The van der Waals surface area contributed by atoms with Crippen molar-refractivity contribution in [2.45, 2.75) is 80.9 Å². The third-order valence-electron chi connectivity index (χ3n) is 9.38. The molecular formula is C34H36F2N2O5. The summed E-state index contributed by atoms with van der Waals surface area (Å²) in [4.78, 5) is 23.5. The van der Waals surface area contributed by atoms with E-state index >= 15 is 0 Å². The molecule has 3 aliphatic rings. The molecule has 226 valence electrons. The fourth-order valence-electron chi connectivity index (χ4n) is 6.87. The molecule has 0 aromatic heterocycles. The fourth-order valence-corrected chi connectivity index (χ4v) is 6.87. The summed E-state index contributed by atoms with van der Waals surface area (Å²) in [6.45, 7) is 0. The standard InChI is InChI=1S/C34H36F2N2O5/c1-42-25-12-14-34(15-13-25,20-2-6-24(39)7-3-20)21-4-8-26(9-5-21)43-27-16-22(17-27)37-23-18-29(35)32(30(36)19-23)28-10-11-31(40)38-33(28)41/h2-9,18-19,22,25,27-28,37,39H,10-17H2,1H3,(H,38,40,41). The average molecular weight is 591 g/mol. The zero-order valence-electron chi connectivity index (χ0n) is 24.1. The SMILES string of the molecule is COC1CCC(c2ccc(O)cc2)(c2ccc(OC3CC(Nc4cc(F)c(C5CCC(=O)NC5=O)c(F)c4)C3)cc2)CC1. The van der Waals surface area contributed by atoms with Crippen molar-refractivity contribution >= 4 is 17.5 Å². The summed E-state index contributed by atoms with van der Waals surface area (Å²) in [5.74, 6) is -2.70. The van der Waals surface area contributed by atoms with Crippen molar-refractivity contribution in [3.05, 3.63) is 89.0 Å². The van der Waals surface area contributed by atoms with Gasteiger partial charge < -0.3 is 19.9 Å². The van der Waals surface area contributed by atoms with Gasteiger partial charge in [-0.25, -0.2) is 8.78 Å². The molecule has 3 aromatic rings. The molecule has 1 heterocycles. The van der Waals surface area contributed by atoms with E-state index in [4.69, 9.17) is 9.47 Å². The highest BCUT2D eigenvalue weighted by molar-refractivity contribution is 6.01. The second-order valence-electron chi connectivity index (χ2n) is 12.0. The van der Waals surface area contributed by atoms with Gasteiger partial charge in [-0.15, -0.1) is 0 Å². The number of carbonyl (C=O) groups excluding carboxylic acids is 2. The van der Waals surface area contributed by atoms with Crippen molar-refractivity contribution in [2.24, 2.45) is 0 Å². The van der Waals surface area contributed by atoms with Crippen LogP contribution in [-0.4, -0.2) is 42.3 Å². The molecule has 0 bridgehead atoms. The van der Waals surface area contributed by atoms with Gasteiger partial charge in [0.05, 0.1) is 12.0 Å². The highest BCUT2D eigenvalue weighted by atomic mass is 19.1. The number of methoxy groups -OCH3 is 1. The van der Waals surface area contributed by atoms with E-state index in [2.05, 4.69) is 22.8 Å². The summed E-state index contributed by atoms with van der Waals surface area (Å²) in [7, 11) is 1.77. The number of phenolic OH excluding ortho intramolecular Hbond substituents is 1. The fraction of sp³-hybridized carbons (Fsp3) is 0.412. The second kappa shape index (κ2) is 12.0. The van der Waals surface area contributed by atoms with Crippen molar-refractivity contribution in [1.29, 1.82) is 0 Å². The first-order valence-electron chi connectivity index (χ1n) is 14.9. The minimum Gasteiger partial charge on any atom is -0.508 e. The Labute approximate surface area is 249 Å². The summed E-state index contributed by atoms with van der Waals surface area (Å²) in [5, 5.41) is 15.2. The molecule has 1 atom stereocenters. The van der Waals surface area contributed by atoms with Crippen molar-refractivity contribution in [2.75, 3.05) is 12.4 Å². The number of imide groups is 1. The van der Waals surface area contributed by atoms with Gasteiger partial charge in [0.2, 0.25) is 11.8 Å². The Morgan fingerprint density at radius 3 is 2.07 bits per heavy atom. The Bertz CT molecular complexity index is 1460. The van der Waals surface area contributed by atoms with Crippen molar-refractivity contribution < 1.29 is 33.0 Å². The van der Waals surface area contributed by atoms with Crippen molar-refractivity contribution in [1.82, 2.24) is 5.32 Å². The van der Waals surface area contributed by atoms with E-state index < -0.39 is 29.4 Å². The van der Waals surface area contributed by atoms with Crippen LogP contribution in [0.3, 0.4) is 0 Å². The molecule has 1 saturated heterocycles. The minimum absolute atomic E-state index is 0.00161. The number of ether oxygens (including phenoxy) is 2. The van der Waals surface area contributed by atoms with E-state index in [1.807, 2.05) is 24.3 Å². The summed E-state index contributed by atoms with van der Waals surface area (Å²) in [5.41, 5.74) is 2.23. The maximum Gasteiger partial charge on any atom is 0.234 e. The number of nitrogens with one attached hydrogen (secondary N) is 2. The van der Waals surface area contributed by atoms with E-state index in [-0.39, 0.29) is 47.8 Å². The largest absolute Gasteiger partial charge is 0.508 e. The normalized spacial score (nSPS) is 27.2. The number of benzene rings is 3. The third-order valence-corrected chi connectivity index (χ3v) is 9.38. The molecule has 2 aliphatic carbocycles. The first kappa shape index (κ1) is 29.1. The van der Waals surface area contributed by atoms with Gasteiger partial charge in [-0.1, -0.05) is 24.3 Å². The molecule has 3 aromatic carbocycles. The maximum atomic E-state index is 14.9. The number of anilines is 1. The molecule has 2 saturated carbocycles. The van der Waals surface area contributed by atoms with Gasteiger partial charge in [0.1, 0.15) is 29.2 Å². The molecule has 6 rings (SSSR count). The van der Waals surface area contributed by atoms with Crippen LogP contribution in [0, 0.1) is 11.6 Å². The lowest BCUT2D eigenvalue weighted by Gasteiger charge is -2.41. The highest BCUT2D eigenvalue weighted by Crippen LogP contribution is 2.46. The highest BCUT2D eigenvalue weighted by Gasteiger charge is 2.39. The Morgan fingerprint density at radius 1 is 0.884 bits per heavy atom. The summed E-state index contributed by atoms with van der Waals surface area (Å²) < 4.78 is 41.6. The number of hydrogen-bond acceptors (Lipinski definition) is 6. The predicted molar refractivity (Wildman–Crippen MR) is 157 cm³/mol. The van der Waals surface area contributed by atoms with Crippen LogP contribution in [0.4, 0.5) is 14.5 Å². The van der Waals surface area contributed by atoms with E-state index in [1.165, 1.54) is 23.3 Å². The summed E-state index contributed by atoms with van der Waals surface area (Å²) >= 11 is 0. The van der Waals surface area contributed by atoms with Gasteiger partial charge in [0, 0.05) is 49.1 Å². The molecule has 43 heavy (non-hydrogen) atoms.